The zero-order valence-electron chi connectivity index (χ0n) is 4.92. The molecular weight excluding hydrogens is 102 g/mol. The van der Waals surface area contributed by atoms with Crippen LogP contribution in [0.15, 0.2) is 4.99 Å². The molecule has 2 atom stereocenters. The zero-order chi connectivity index (χ0) is 5.98. The normalized spacial score (nSPS) is 35.1. The third kappa shape index (κ3) is 0.797. The fourth-order valence-corrected chi connectivity index (χ4v) is 0.909. The number of hydrogen-bond acceptors (Lipinski definition) is 2. The number of isocyanates is 1. The van der Waals surface area contributed by atoms with Crippen LogP contribution >= 0.6 is 0 Å². The van der Waals surface area contributed by atoms with Crippen LogP contribution < -0.4 is 0 Å². The highest BCUT2D eigenvalue weighted by Gasteiger charge is 2.25. The Morgan fingerprint density at radius 2 is 2.38 bits per heavy atom. The molecule has 0 aromatic heterocycles. The fourth-order valence-electron chi connectivity index (χ4n) is 0.909. The maximum absolute atomic E-state index is 9.66. The first-order valence-electron chi connectivity index (χ1n) is 2.91. The smallest absolute Gasteiger partial charge is 0.211 e. The molecule has 0 spiro atoms. The van der Waals surface area contributed by atoms with Crippen molar-refractivity contribution in [2.24, 2.45) is 10.9 Å². The Morgan fingerprint density at radius 1 is 1.62 bits per heavy atom. The molecule has 0 aliphatic heterocycles. The number of hydrogen-bond donors (Lipinski definition) is 0. The minimum absolute atomic E-state index is 0.299. The van der Waals surface area contributed by atoms with Gasteiger partial charge >= 0.3 is 0 Å². The average molecular weight is 111 g/mol. The molecule has 0 N–H and O–H groups in total. The third-order valence-electron chi connectivity index (χ3n) is 1.79. The highest BCUT2D eigenvalue weighted by molar-refractivity contribution is 5.34. The second-order valence-electron chi connectivity index (χ2n) is 2.34. The van der Waals surface area contributed by atoms with Crippen molar-refractivity contribution in [3.05, 3.63) is 0 Å². The Morgan fingerprint density at radius 3 is 2.50 bits per heavy atom. The maximum Gasteiger partial charge on any atom is 0.235 e. The Kier molecular flexibility index (Phi) is 1.45. The molecule has 0 heterocycles. The molecule has 44 valence electrons. The topological polar surface area (TPSA) is 29.4 Å². The van der Waals surface area contributed by atoms with Crippen molar-refractivity contribution < 1.29 is 4.79 Å². The van der Waals surface area contributed by atoms with E-state index >= 15 is 0 Å². The molecule has 1 saturated carbocycles. The lowest BCUT2D eigenvalue weighted by Crippen LogP contribution is -2.26. The summed E-state index contributed by atoms with van der Waals surface area (Å²) >= 11 is 0. The summed E-state index contributed by atoms with van der Waals surface area (Å²) in [5, 5.41) is 0. The van der Waals surface area contributed by atoms with Gasteiger partial charge in [-0.2, -0.15) is 0 Å². The molecule has 2 nitrogen and oxygen atoms in total. The van der Waals surface area contributed by atoms with E-state index < -0.39 is 0 Å². The molecule has 0 amide bonds. The highest BCUT2D eigenvalue weighted by Crippen LogP contribution is 2.28. The van der Waals surface area contributed by atoms with Gasteiger partial charge in [-0.05, 0) is 18.8 Å². The predicted octanol–water partition coefficient (Wildman–Crippen LogP) is 1.12. The van der Waals surface area contributed by atoms with Gasteiger partial charge in [0.25, 0.3) is 0 Å². The van der Waals surface area contributed by atoms with E-state index in [9.17, 15) is 4.79 Å². The Balaban J connectivity index is 2.37. The summed E-state index contributed by atoms with van der Waals surface area (Å²) in [5.74, 6) is 0.622. The molecule has 1 fully saturated rings. The molecule has 0 saturated heterocycles. The molecule has 1 aliphatic rings. The van der Waals surface area contributed by atoms with Gasteiger partial charge in [-0.15, -0.1) is 0 Å². The average Bonchev–Trinajstić information content (AvgIpc) is 1.79. The van der Waals surface area contributed by atoms with Gasteiger partial charge in [-0.25, -0.2) is 9.79 Å². The third-order valence-corrected chi connectivity index (χ3v) is 1.79. The van der Waals surface area contributed by atoms with E-state index in [0.717, 1.165) is 6.42 Å². The SMILES string of the molecule is CC1CCC1N=C=O. The van der Waals surface area contributed by atoms with Crippen molar-refractivity contribution >= 4 is 6.08 Å². The first-order chi connectivity index (χ1) is 3.84. The standard InChI is InChI=1S/C6H9NO/c1-5-2-3-6(5)7-4-8/h5-6H,2-3H2,1H3. The highest BCUT2D eigenvalue weighted by atomic mass is 16.1. The van der Waals surface area contributed by atoms with Crippen LogP contribution in [0.1, 0.15) is 19.8 Å². The summed E-state index contributed by atoms with van der Waals surface area (Å²) < 4.78 is 0. The molecule has 0 aromatic rings. The summed E-state index contributed by atoms with van der Waals surface area (Å²) in [5.41, 5.74) is 0. The van der Waals surface area contributed by atoms with Gasteiger partial charge in [0, 0.05) is 0 Å². The van der Waals surface area contributed by atoms with Crippen LogP contribution in [0.25, 0.3) is 0 Å². The number of rotatable bonds is 1. The van der Waals surface area contributed by atoms with Crippen LogP contribution in [-0.2, 0) is 4.79 Å². The van der Waals surface area contributed by atoms with E-state index in [0.29, 0.717) is 12.0 Å². The Labute approximate surface area is 48.6 Å². The molecule has 0 bridgehead atoms. The fraction of sp³-hybridized carbons (Fsp3) is 0.833. The van der Waals surface area contributed by atoms with Crippen LogP contribution in [0.3, 0.4) is 0 Å². The Bertz CT molecular complexity index is 126. The minimum atomic E-state index is 0.299. The summed E-state index contributed by atoms with van der Waals surface area (Å²) in [6, 6.07) is 0.299. The number of nitrogens with zero attached hydrogens (tertiary/aromatic N) is 1. The summed E-state index contributed by atoms with van der Waals surface area (Å²) in [6.07, 6.45) is 3.87. The van der Waals surface area contributed by atoms with Crippen LogP contribution in [0.5, 0.6) is 0 Å². The largest absolute Gasteiger partial charge is 0.235 e. The van der Waals surface area contributed by atoms with Crippen molar-refractivity contribution in [1.29, 1.82) is 0 Å². The van der Waals surface area contributed by atoms with Crippen LogP contribution in [0.4, 0.5) is 0 Å². The van der Waals surface area contributed by atoms with Gasteiger partial charge in [-0.1, -0.05) is 6.92 Å². The molecule has 2 heteroatoms. The Hall–Kier alpha value is -0.620. The zero-order valence-corrected chi connectivity index (χ0v) is 4.92. The van der Waals surface area contributed by atoms with E-state index in [-0.39, 0.29) is 0 Å². The van der Waals surface area contributed by atoms with E-state index in [1.807, 2.05) is 0 Å². The molecule has 8 heavy (non-hydrogen) atoms. The molecule has 0 radical (unpaired) electrons. The molecule has 0 aromatic carbocycles. The number of carbonyl (C=O) groups excluding carboxylic acids is 1. The molecular formula is C6H9NO. The lowest BCUT2D eigenvalue weighted by atomic mass is 9.82. The van der Waals surface area contributed by atoms with E-state index in [4.69, 9.17) is 0 Å². The van der Waals surface area contributed by atoms with Gasteiger partial charge in [-0.3, -0.25) is 0 Å². The van der Waals surface area contributed by atoms with Gasteiger partial charge in [0.05, 0.1) is 6.04 Å². The van der Waals surface area contributed by atoms with Crippen molar-refractivity contribution in [2.45, 2.75) is 25.8 Å². The van der Waals surface area contributed by atoms with Crippen LogP contribution in [-0.4, -0.2) is 12.1 Å². The van der Waals surface area contributed by atoms with E-state index in [1.165, 1.54) is 6.42 Å². The lowest BCUT2D eigenvalue weighted by molar-refractivity contribution is 0.283. The van der Waals surface area contributed by atoms with E-state index in [2.05, 4.69) is 11.9 Å². The van der Waals surface area contributed by atoms with Gasteiger partial charge < -0.3 is 0 Å². The maximum atomic E-state index is 9.66. The van der Waals surface area contributed by atoms with Gasteiger partial charge in [0.15, 0.2) is 0 Å². The van der Waals surface area contributed by atoms with Crippen molar-refractivity contribution in [3.8, 4) is 0 Å². The summed E-state index contributed by atoms with van der Waals surface area (Å²) in [6.45, 7) is 2.11. The predicted molar refractivity (Wildman–Crippen MR) is 30.3 cm³/mol. The van der Waals surface area contributed by atoms with Crippen molar-refractivity contribution in [1.82, 2.24) is 0 Å². The first-order valence-corrected chi connectivity index (χ1v) is 2.91. The quantitative estimate of drug-likeness (QED) is 0.368. The van der Waals surface area contributed by atoms with Crippen LogP contribution in [0, 0.1) is 5.92 Å². The van der Waals surface area contributed by atoms with Crippen molar-refractivity contribution in [2.75, 3.05) is 0 Å². The number of aliphatic imine (C=N–C) groups is 1. The lowest BCUT2D eigenvalue weighted by Gasteiger charge is -2.28. The van der Waals surface area contributed by atoms with Gasteiger partial charge in [0.2, 0.25) is 6.08 Å². The second kappa shape index (κ2) is 2.10. The second-order valence-corrected chi connectivity index (χ2v) is 2.34. The summed E-state index contributed by atoms with van der Waals surface area (Å²) in [7, 11) is 0. The minimum Gasteiger partial charge on any atom is -0.211 e. The van der Waals surface area contributed by atoms with E-state index in [1.54, 1.807) is 6.08 Å². The molecule has 2 unspecified atom stereocenters. The monoisotopic (exact) mass is 111 g/mol. The first kappa shape index (κ1) is 5.52. The molecule has 1 rings (SSSR count). The summed E-state index contributed by atoms with van der Waals surface area (Å²) in [4.78, 5) is 13.3. The van der Waals surface area contributed by atoms with Crippen LogP contribution in [0.2, 0.25) is 0 Å². The molecule has 1 aliphatic carbocycles. The van der Waals surface area contributed by atoms with Gasteiger partial charge in [0.1, 0.15) is 0 Å². The van der Waals surface area contributed by atoms with Crippen molar-refractivity contribution in [3.63, 3.8) is 0 Å².